The summed E-state index contributed by atoms with van der Waals surface area (Å²) in [4.78, 5) is 11.9. The molecule has 1 aromatic carbocycles. The molecule has 2 rings (SSSR count). The predicted molar refractivity (Wildman–Crippen MR) is 69.8 cm³/mol. The summed E-state index contributed by atoms with van der Waals surface area (Å²) in [5, 5.41) is 12.4. The Hall–Kier alpha value is -0.940. The third-order valence-electron chi connectivity index (χ3n) is 3.16. The molecule has 1 aliphatic carbocycles. The highest BCUT2D eigenvalue weighted by Gasteiger charge is 2.22. The second-order valence-corrected chi connectivity index (χ2v) is 5.47. The number of aliphatic hydroxyl groups excluding tert-OH is 1. The van der Waals surface area contributed by atoms with E-state index < -0.39 is 0 Å². The van der Waals surface area contributed by atoms with Crippen molar-refractivity contribution in [2.75, 3.05) is 0 Å². The smallest absolute Gasteiger partial charge is 0.251 e. The van der Waals surface area contributed by atoms with Crippen molar-refractivity contribution in [3.8, 4) is 0 Å². The van der Waals surface area contributed by atoms with E-state index >= 15 is 0 Å². The maximum absolute atomic E-state index is 13.1. The fraction of sp³-hybridized carbons (Fsp3) is 0.462. The molecule has 0 aliphatic heterocycles. The number of aliphatic hydroxyl groups is 1. The first-order chi connectivity index (χ1) is 8.56. The van der Waals surface area contributed by atoms with Crippen LogP contribution >= 0.6 is 15.9 Å². The maximum atomic E-state index is 13.1. The first-order valence-electron chi connectivity index (χ1n) is 6.00. The molecule has 98 valence electrons. The van der Waals surface area contributed by atoms with Crippen LogP contribution in [0.2, 0.25) is 0 Å². The summed E-state index contributed by atoms with van der Waals surface area (Å²) in [6.45, 7) is 0. The lowest BCUT2D eigenvalue weighted by Gasteiger charge is -2.26. The number of halogens is 2. The number of hydrogen-bond acceptors (Lipinski definition) is 2. The summed E-state index contributed by atoms with van der Waals surface area (Å²) < 4.78 is 13.3. The molecule has 1 fully saturated rings. The number of rotatable bonds is 2. The first kappa shape index (κ1) is 13.5. The van der Waals surface area contributed by atoms with Crippen molar-refractivity contribution in [3.63, 3.8) is 0 Å². The molecule has 2 N–H and O–H groups in total. The quantitative estimate of drug-likeness (QED) is 0.881. The van der Waals surface area contributed by atoms with Gasteiger partial charge in [0, 0.05) is 11.6 Å². The van der Waals surface area contributed by atoms with Crippen LogP contribution in [0, 0.1) is 5.82 Å². The van der Waals surface area contributed by atoms with E-state index in [1.807, 2.05) is 0 Å². The third kappa shape index (κ3) is 3.29. The van der Waals surface area contributed by atoms with Gasteiger partial charge in [-0.25, -0.2) is 4.39 Å². The molecule has 1 saturated carbocycles. The van der Waals surface area contributed by atoms with Gasteiger partial charge in [0.15, 0.2) is 0 Å². The number of benzene rings is 1. The minimum atomic E-state index is -0.389. The van der Waals surface area contributed by atoms with Crippen LogP contribution in [0.15, 0.2) is 22.7 Å². The van der Waals surface area contributed by atoms with Crippen LogP contribution in [-0.2, 0) is 0 Å². The number of carbonyl (C=O) groups is 1. The van der Waals surface area contributed by atoms with Crippen molar-refractivity contribution in [3.05, 3.63) is 34.1 Å². The average molecular weight is 316 g/mol. The Morgan fingerprint density at radius 2 is 2.22 bits per heavy atom. The minimum Gasteiger partial charge on any atom is -0.393 e. The molecule has 0 radical (unpaired) electrons. The molecule has 5 heteroatoms. The van der Waals surface area contributed by atoms with Crippen LogP contribution in [0.5, 0.6) is 0 Å². The lowest BCUT2D eigenvalue weighted by molar-refractivity contribution is 0.0849. The van der Waals surface area contributed by atoms with E-state index in [0.29, 0.717) is 12.0 Å². The first-order valence-corrected chi connectivity index (χ1v) is 6.79. The molecule has 18 heavy (non-hydrogen) atoms. The zero-order chi connectivity index (χ0) is 13.1. The van der Waals surface area contributed by atoms with Crippen LogP contribution in [-0.4, -0.2) is 23.2 Å². The Balaban J connectivity index is 2.00. The van der Waals surface area contributed by atoms with Crippen LogP contribution < -0.4 is 5.32 Å². The van der Waals surface area contributed by atoms with Crippen LogP contribution in [0.4, 0.5) is 4.39 Å². The zero-order valence-corrected chi connectivity index (χ0v) is 11.4. The topological polar surface area (TPSA) is 49.3 Å². The molecule has 0 heterocycles. The van der Waals surface area contributed by atoms with Crippen molar-refractivity contribution < 1.29 is 14.3 Å². The van der Waals surface area contributed by atoms with Gasteiger partial charge in [0.05, 0.1) is 10.6 Å². The van der Waals surface area contributed by atoms with E-state index in [0.717, 1.165) is 19.3 Å². The molecule has 1 amide bonds. The molecule has 0 saturated heterocycles. The van der Waals surface area contributed by atoms with Crippen molar-refractivity contribution in [2.24, 2.45) is 0 Å². The largest absolute Gasteiger partial charge is 0.393 e. The second kappa shape index (κ2) is 5.80. The molecule has 1 aromatic rings. The van der Waals surface area contributed by atoms with E-state index in [-0.39, 0.29) is 28.3 Å². The van der Waals surface area contributed by atoms with E-state index in [9.17, 15) is 14.3 Å². The number of amides is 1. The van der Waals surface area contributed by atoms with Crippen molar-refractivity contribution >= 4 is 21.8 Å². The van der Waals surface area contributed by atoms with Crippen molar-refractivity contribution in [1.29, 1.82) is 0 Å². The summed E-state index contributed by atoms with van der Waals surface area (Å²) in [6, 6.07) is 4.18. The van der Waals surface area contributed by atoms with Gasteiger partial charge in [-0.3, -0.25) is 4.79 Å². The minimum absolute atomic E-state index is 0.00470. The number of hydrogen-bond donors (Lipinski definition) is 2. The normalized spacial score (nSPS) is 23.7. The Morgan fingerprint density at radius 1 is 1.44 bits per heavy atom. The van der Waals surface area contributed by atoms with E-state index in [1.165, 1.54) is 18.2 Å². The molecular formula is C13H15BrFNO2. The Morgan fingerprint density at radius 3 is 2.89 bits per heavy atom. The molecule has 2 atom stereocenters. The summed E-state index contributed by atoms with van der Waals surface area (Å²) in [7, 11) is 0. The Labute approximate surface area is 114 Å². The lowest BCUT2D eigenvalue weighted by atomic mass is 9.93. The lowest BCUT2D eigenvalue weighted by Crippen LogP contribution is -2.39. The van der Waals surface area contributed by atoms with Gasteiger partial charge in [-0.15, -0.1) is 0 Å². The molecule has 2 unspecified atom stereocenters. The van der Waals surface area contributed by atoms with Crippen molar-refractivity contribution in [2.45, 2.75) is 37.8 Å². The van der Waals surface area contributed by atoms with Crippen LogP contribution in [0.1, 0.15) is 36.0 Å². The molecule has 0 spiro atoms. The highest BCUT2D eigenvalue weighted by molar-refractivity contribution is 9.10. The van der Waals surface area contributed by atoms with Gasteiger partial charge in [0.25, 0.3) is 5.91 Å². The maximum Gasteiger partial charge on any atom is 0.251 e. The van der Waals surface area contributed by atoms with Crippen LogP contribution in [0.25, 0.3) is 0 Å². The van der Waals surface area contributed by atoms with Gasteiger partial charge in [-0.1, -0.05) is 0 Å². The molecular weight excluding hydrogens is 301 g/mol. The highest BCUT2D eigenvalue weighted by atomic mass is 79.9. The summed E-state index contributed by atoms with van der Waals surface area (Å²) in [5.74, 6) is -0.616. The summed E-state index contributed by atoms with van der Waals surface area (Å²) >= 11 is 3.05. The molecule has 0 aromatic heterocycles. The van der Waals surface area contributed by atoms with E-state index in [1.54, 1.807) is 0 Å². The van der Waals surface area contributed by atoms with E-state index in [2.05, 4.69) is 21.2 Å². The SMILES string of the molecule is O=C(NC1CCCC(O)C1)c1ccc(F)c(Br)c1. The third-order valence-corrected chi connectivity index (χ3v) is 3.77. The highest BCUT2D eigenvalue weighted by Crippen LogP contribution is 2.20. The van der Waals surface area contributed by atoms with Gasteiger partial charge < -0.3 is 10.4 Å². The number of carbonyl (C=O) groups excluding carboxylic acids is 1. The average Bonchev–Trinajstić information content (AvgIpc) is 2.32. The van der Waals surface area contributed by atoms with Gasteiger partial charge >= 0.3 is 0 Å². The van der Waals surface area contributed by atoms with Gasteiger partial charge in [0.1, 0.15) is 5.82 Å². The monoisotopic (exact) mass is 315 g/mol. The van der Waals surface area contributed by atoms with E-state index in [4.69, 9.17) is 0 Å². The molecule has 0 bridgehead atoms. The molecule has 3 nitrogen and oxygen atoms in total. The summed E-state index contributed by atoms with van der Waals surface area (Å²) in [5.41, 5.74) is 0.420. The van der Waals surface area contributed by atoms with Gasteiger partial charge in [-0.2, -0.15) is 0 Å². The van der Waals surface area contributed by atoms with Crippen molar-refractivity contribution in [1.82, 2.24) is 5.32 Å². The fourth-order valence-corrected chi connectivity index (χ4v) is 2.58. The molecule has 1 aliphatic rings. The summed E-state index contributed by atoms with van der Waals surface area (Å²) in [6.07, 6.45) is 2.86. The Kier molecular flexibility index (Phi) is 4.35. The fourth-order valence-electron chi connectivity index (χ4n) is 2.20. The van der Waals surface area contributed by atoms with Gasteiger partial charge in [0.2, 0.25) is 0 Å². The second-order valence-electron chi connectivity index (χ2n) is 4.62. The Bertz CT molecular complexity index is 453. The standard InChI is InChI=1S/C13H15BrFNO2/c14-11-6-8(4-5-12(11)15)13(18)16-9-2-1-3-10(17)7-9/h4-6,9-10,17H,1-3,7H2,(H,16,18). The predicted octanol–water partition coefficient (Wildman–Crippen LogP) is 2.62. The van der Waals surface area contributed by atoms with Gasteiger partial charge in [-0.05, 0) is 59.8 Å². The number of nitrogens with one attached hydrogen (secondary N) is 1. The van der Waals surface area contributed by atoms with Crippen LogP contribution in [0.3, 0.4) is 0 Å². The zero-order valence-electron chi connectivity index (χ0n) is 9.83.